The monoisotopic (exact) mass is 202 g/mol. The molecule has 0 aliphatic heterocycles. The number of amides is 1. The summed E-state index contributed by atoms with van der Waals surface area (Å²) in [6, 6.07) is 8.06. The lowest BCUT2D eigenvalue weighted by Gasteiger charge is -2.02. The van der Waals surface area contributed by atoms with Gasteiger partial charge in [-0.15, -0.1) is 0 Å². The molecule has 1 amide bonds. The van der Waals surface area contributed by atoms with Crippen molar-refractivity contribution in [2.75, 3.05) is 6.54 Å². The van der Waals surface area contributed by atoms with Crippen LogP contribution in [0.1, 0.15) is 12.5 Å². The molecule has 1 heterocycles. The van der Waals surface area contributed by atoms with Gasteiger partial charge in [-0.1, -0.05) is 12.1 Å². The fourth-order valence-corrected chi connectivity index (χ4v) is 1.65. The second-order valence-corrected chi connectivity index (χ2v) is 3.53. The minimum absolute atomic E-state index is 0.0726. The standard InChI is InChI=1S/C12H14N2O/c1-2-13-12(15)8-9-3-4-10-5-6-14-11(10)7-9/h3-7,14H,2,8H2,1H3,(H,13,15). The van der Waals surface area contributed by atoms with Crippen molar-refractivity contribution in [3.63, 3.8) is 0 Å². The molecule has 3 heteroatoms. The average molecular weight is 202 g/mol. The zero-order valence-corrected chi connectivity index (χ0v) is 8.71. The summed E-state index contributed by atoms with van der Waals surface area (Å²) < 4.78 is 0. The highest BCUT2D eigenvalue weighted by Gasteiger charge is 2.02. The minimum Gasteiger partial charge on any atom is -0.361 e. The molecule has 1 aromatic carbocycles. The highest BCUT2D eigenvalue weighted by atomic mass is 16.1. The quantitative estimate of drug-likeness (QED) is 0.783. The van der Waals surface area contributed by atoms with Crippen LogP contribution in [0.5, 0.6) is 0 Å². The molecule has 2 aromatic rings. The predicted molar refractivity (Wildman–Crippen MR) is 60.7 cm³/mol. The number of hydrogen-bond acceptors (Lipinski definition) is 1. The van der Waals surface area contributed by atoms with Crippen molar-refractivity contribution in [1.82, 2.24) is 10.3 Å². The number of benzene rings is 1. The van der Waals surface area contributed by atoms with Crippen LogP contribution >= 0.6 is 0 Å². The second kappa shape index (κ2) is 4.17. The van der Waals surface area contributed by atoms with E-state index in [0.717, 1.165) is 11.1 Å². The topological polar surface area (TPSA) is 44.9 Å². The van der Waals surface area contributed by atoms with Gasteiger partial charge in [0, 0.05) is 18.3 Å². The Kier molecular flexibility index (Phi) is 2.72. The molecule has 0 saturated carbocycles. The van der Waals surface area contributed by atoms with E-state index in [4.69, 9.17) is 0 Å². The molecule has 0 fully saturated rings. The third-order valence-corrected chi connectivity index (χ3v) is 2.36. The summed E-state index contributed by atoms with van der Waals surface area (Å²) in [7, 11) is 0. The highest BCUT2D eigenvalue weighted by molar-refractivity contribution is 5.83. The zero-order valence-electron chi connectivity index (χ0n) is 8.71. The van der Waals surface area contributed by atoms with Crippen LogP contribution in [0.3, 0.4) is 0 Å². The molecule has 1 aromatic heterocycles. The number of carbonyl (C=O) groups is 1. The van der Waals surface area contributed by atoms with Crippen molar-refractivity contribution in [1.29, 1.82) is 0 Å². The molecule has 0 aliphatic rings. The Bertz CT molecular complexity index is 473. The van der Waals surface area contributed by atoms with Gasteiger partial charge in [-0.05, 0) is 30.0 Å². The minimum atomic E-state index is 0.0726. The third kappa shape index (κ3) is 2.18. The number of likely N-dealkylation sites (N-methyl/N-ethyl adjacent to an activating group) is 1. The van der Waals surface area contributed by atoms with Crippen LogP contribution in [0, 0.1) is 0 Å². The lowest BCUT2D eigenvalue weighted by atomic mass is 10.1. The highest BCUT2D eigenvalue weighted by Crippen LogP contribution is 2.14. The SMILES string of the molecule is CCNC(=O)Cc1ccc2cc[nH]c2c1. The zero-order chi connectivity index (χ0) is 10.7. The molecule has 0 bridgehead atoms. The number of rotatable bonds is 3. The number of hydrogen-bond donors (Lipinski definition) is 2. The van der Waals surface area contributed by atoms with Crippen LogP contribution in [0.2, 0.25) is 0 Å². The summed E-state index contributed by atoms with van der Waals surface area (Å²) in [5.41, 5.74) is 2.12. The number of H-pyrrole nitrogens is 1. The number of aromatic amines is 1. The maximum Gasteiger partial charge on any atom is 0.224 e. The maximum atomic E-state index is 11.4. The molecular formula is C12H14N2O. The van der Waals surface area contributed by atoms with E-state index >= 15 is 0 Å². The molecule has 0 atom stereocenters. The molecule has 3 nitrogen and oxygen atoms in total. The molecular weight excluding hydrogens is 188 g/mol. The largest absolute Gasteiger partial charge is 0.361 e. The molecule has 78 valence electrons. The predicted octanol–water partition coefficient (Wildman–Crippen LogP) is 1.85. The molecule has 0 saturated heterocycles. The summed E-state index contributed by atoms with van der Waals surface area (Å²) in [5, 5.41) is 3.96. The summed E-state index contributed by atoms with van der Waals surface area (Å²) in [4.78, 5) is 14.5. The maximum absolute atomic E-state index is 11.4. The van der Waals surface area contributed by atoms with Gasteiger partial charge in [0.2, 0.25) is 5.91 Å². The van der Waals surface area contributed by atoms with Crippen molar-refractivity contribution < 1.29 is 4.79 Å². The molecule has 15 heavy (non-hydrogen) atoms. The van der Waals surface area contributed by atoms with Crippen LogP contribution < -0.4 is 5.32 Å². The van der Waals surface area contributed by atoms with Gasteiger partial charge in [0.15, 0.2) is 0 Å². The second-order valence-electron chi connectivity index (χ2n) is 3.53. The lowest BCUT2D eigenvalue weighted by Crippen LogP contribution is -2.24. The number of aromatic nitrogens is 1. The van der Waals surface area contributed by atoms with Gasteiger partial charge in [-0.3, -0.25) is 4.79 Å². The first-order valence-corrected chi connectivity index (χ1v) is 5.12. The van der Waals surface area contributed by atoms with Crippen LogP contribution in [-0.4, -0.2) is 17.4 Å². The van der Waals surface area contributed by atoms with Crippen molar-refractivity contribution in [2.24, 2.45) is 0 Å². The number of nitrogens with one attached hydrogen (secondary N) is 2. The van der Waals surface area contributed by atoms with Gasteiger partial charge in [0.05, 0.1) is 6.42 Å². The van der Waals surface area contributed by atoms with E-state index in [-0.39, 0.29) is 5.91 Å². The Balaban J connectivity index is 2.17. The Morgan fingerprint density at radius 2 is 2.27 bits per heavy atom. The summed E-state index contributed by atoms with van der Waals surface area (Å²) in [6.07, 6.45) is 2.35. The van der Waals surface area contributed by atoms with Gasteiger partial charge in [0.1, 0.15) is 0 Å². The molecule has 0 spiro atoms. The van der Waals surface area contributed by atoms with Crippen LogP contribution in [0.15, 0.2) is 30.5 Å². The normalized spacial score (nSPS) is 10.5. The smallest absolute Gasteiger partial charge is 0.224 e. The third-order valence-electron chi connectivity index (χ3n) is 2.36. The first kappa shape index (κ1) is 9.77. The van der Waals surface area contributed by atoms with Gasteiger partial charge in [-0.2, -0.15) is 0 Å². The number of fused-ring (bicyclic) bond motifs is 1. The summed E-state index contributed by atoms with van der Waals surface area (Å²) in [5.74, 6) is 0.0726. The van der Waals surface area contributed by atoms with Gasteiger partial charge < -0.3 is 10.3 Å². The van der Waals surface area contributed by atoms with Gasteiger partial charge >= 0.3 is 0 Å². The number of carbonyl (C=O) groups excluding carboxylic acids is 1. The first-order chi connectivity index (χ1) is 7.29. The Morgan fingerprint density at radius 3 is 3.07 bits per heavy atom. The Labute approximate surface area is 88.5 Å². The van der Waals surface area contributed by atoms with Gasteiger partial charge in [0.25, 0.3) is 0 Å². The molecule has 2 N–H and O–H groups in total. The fraction of sp³-hybridized carbons (Fsp3) is 0.250. The molecule has 0 radical (unpaired) electrons. The first-order valence-electron chi connectivity index (χ1n) is 5.12. The van der Waals surface area contributed by atoms with Crippen molar-refractivity contribution >= 4 is 16.8 Å². The van der Waals surface area contributed by atoms with Crippen LogP contribution in [-0.2, 0) is 11.2 Å². The van der Waals surface area contributed by atoms with E-state index in [0.29, 0.717) is 13.0 Å². The molecule has 0 unspecified atom stereocenters. The summed E-state index contributed by atoms with van der Waals surface area (Å²) in [6.45, 7) is 2.61. The van der Waals surface area contributed by atoms with Crippen molar-refractivity contribution in [3.8, 4) is 0 Å². The molecule has 2 rings (SSSR count). The van der Waals surface area contributed by atoms with E-state index < -0.39 is 0 Å². The van der Waals surface area contributed by atoms with E-state index in [1.165, 1.54) is 5.39 Å². The van der Waals surface area contributed by atoms with E-state index in [1.54, 1.807) is 0 Å². The molecule has 0 aliphatic carbocycles. The lowest BCUT2D eigenvalue weighted by molar-refractivity contribution is -0.120. The van der Waals surface area contributed by atoms with E-state index in [1.807, 2.05) is 37.4 Å². The van der Waals surface area contributed by atoms with E-state index in [9.17, 15) is 4.79 Å². The average Bonchev–Trinajstić information content (AvgIpc) is 2.65. The Hall–Kier alpha value is -1.77. The van der Waals surface area contributed by atoms with Crippen LogP contribution in [0.4, 0.5) is 0 Å². The van der Waals surface area contributed by atoms with Crippen molar-refractivity contribution in [3.05, 3.63) is 36.0 Å². The van der Waals surface area contributed by atoms with Crippen molar-refractivity contribution in [2.45, 2.75) is 13.3 Å². The van der Waals surface area contributed by atoms with Gasteiger partial charge in [-0.25, -0.2) is 0 Å². The van der Waals surface area contributed by atoms with E-state index in [2.05, 4.69) is 10.3 Å². The Morgan fingerprint density at radius 1 is 1.40 bits per heavy atom. The van der Waals surface area contributed by atoms with Crippen LogP contribution in [0.25, 0.3) is 10.9 Å². The summed E-state index contributed by atoms with van der Waals surface area (Å²) >= 11 is 0. The fourth-order valence-electron chi connectivity index (χ4n) is 1.65.